The van der Waals surface area contributed by atoms with Gasteiger partial charge in [-0.3, -0.25) is 14.4 Å². The van der Waals surface area contributed by atoms with Crippen LogP contribution in [0.15, 0.2) is 64.2 Å². The minimum Gasteiger partial charge on any atom is -0.350 e. The van der Waals surface area contributed by atoms with Crippen LogP contribution in [0.2, 0.25) is 0 Å². The van der Waals surface area contributed by atoms with E-state index in [4.69, 9.17) is 4.52 Å². The third-order valence-electron chi connectivity index (χ3n) is 3.29. The molecule has 0 N–H and O–H groups in total. The van der Waals surface area contributed by atoms with Gasteiger partial charge >= 0.3 is 5.91 Å². The van der Waals surface area contributed by atoms with Crippen molar-refractivity contribution in [3.63, 3.8) is 0 Å². The van der Waals surface area contributed by atoms with E-state index < -0.39 is 0 Å². The number of carbonyl (C=O) groups is 1. The molecule has 0 saturated heterocycles. The van der Waals surface area contributed by atoms with Gasteiger partial charge in [0.25, 0.3) is 0 Å². The molecule has 0 aliphatic carbocycles. The summed E-state index contributed by atoms with van der Waals surface area (Å²) in [5.41, 5.74) is 1.47. The number of hydrogen-bond donors (Lipinski definition) is 0. The predicted octanol–water partition coefficient (Wildman–Crippen LogP) is 3.28. The molecule has 0 bridgehead atoms. The van der Waals surface area contributed by atoms with Gasteiger partial charge in [0.05, 0.1) is 0 Å². The summed E-state index contributed by atoms with van der Waals surface area (Å²) in [6.07, 6.45) is 1.62. The Balaban J connectivity index is 1.98. The maximum absolute atomic E-state index is 13.3. The van der Waals surface area contributed by atoms with Gasteiger partial charge in [-0.1, -0.05) is 23.4 Å². The smallest absolute Gasteiger partial charge is 0.302 e. The Kier molecular flexibility index (Phi) is 4.37. The topological polar surface area (TPSA) is 60.4 Å². The molecular weight excluding hydrogens is 309 g/mol. The van der Waals surface area contributed by atoms with Crippen LogP contribution in [-0.2, 0) is 0 Å². The molecule has 0 unspecified atom stereocenters. The molecule has 1 aromatic carbocycles. The number of halogens is 1. The van der Waals surface area contributed by atoms with E-state index in [1.165, 1.54) is 22.8 Å². The molecule has 24 heavy (non-hydrogen) atoms. The van der Waals surface area contributed by atoms with Gasteiger partial charge in [0, 0.05) is 23.9 Å². The monoisotopic (exact) mass is 325 g/mol. The van der Waals surface area contributed by atoms with Crippen LogP contribution in [0.4, 0.5) is 4.39 Å². The van der Waals surface area contributed by atoms with E-state index in [0.717, 1.165) is 0 Å². The lowest BCUT2D eigenvalue weighted by molar-refractivity contribution is 0.0918. The maximum Gasteiger partial charge on any atom is 0.302 e. The predicted molar refractivity (Wildman–Crippen MR) is 86.8 cm³/mol. The van der Waals surface area contributed by atoms with Gasteiger partial charge in [-0.2, -0.15) is 0 Å². The van der Waals surface area contributed by atoms with Crippen LogP contribution < -0.4 is 5.49 Å². The molecule has 0 fully saturated rings. The highest BCUT2D eigenvalue weighted by atomic mass is 19.1. The average Bonchev–Trinajstić information content (AvgIpc) is 3.04. The van der Waals surface area contributed by atoms with Gasteiger partial charge in [0.15, 0.2) is 0 Å². The van der Waals surface area contributed by atoms with Gasteiger partial charge in [0.1, 0.15) is 17.0 Å². The van der Waals surface area contributed by atoms with Crippen molar-refractivity contribution in [2.45, 2.75) is 19.9 Å². The van der Waals surface area contributed by atoms with Gasteiger partial charge in [-0.05, 0) is 38.1 Å². The number of benzene rings is 1. The molecule has 0 aliphatic heterocycles. The number of nitrogens with zero attached hydrogens (tertiary/aromatic N) is 3. The SMILES string of the molecule is CC(C)N=c1ccccn1C(=O)c1cc(-c2cccc(F)c2)no1. The summed E-state index contributed by atoms with van der Waals surface area (Å²) in [5, 5.41) is 3.86. The van der Waals surface area contributed by atoms with Crippen molar-refractivity contribution >= 4 is 5.91 Å². The molecular formula is C18H16FN3O2. The average molecular weight is 325 g/mol. The highest BCUT2D eigenvalue weighted by Gasteiger charge is 2.16. The summed E-state index contributed by atoms with van der Waals surface area (Å²) < 4.78 is 19.9. The van der Waals surface area contributed by atoms with Crippen LogP contribution in [0, 0.1) is 5.82 Å². The zero-order valence-corrected chi connectivity index (χ0v) is 13.3. The molecule has 0 amide bonds. The van der Waals surface area contributed by atoms with Crippen molar-refractivity contribution in [1.82, 2.24) is 9.72 Å². The van der Waals surface area contributed by atoms with E-state index in [1.54, 1.807) is 30.5 Å². The summed E-state index contributed by atoms with van der Waals surface area (Å²) in [6.45, 7) is 3.86. The van der Waals surface area contributed by atoms with Gasteiger partial charge in [-0.25, -0.2) is 4.39 Å². The van der Waals surface area contributed by atoms with E-state index in [2.05, 4.69) is 10.1 Å². The second kappa shape index (κ2) is 6.62. The van der Waals surface area contributed by atoms with Crippen molar-refractivity contribution in [2.75, 3.05) is 0 Å². The highest BCUT2D eigenvalue weighted by molar-refractivity contribution is 5.94. The molecule has 3 rings (SSSR count). The molecule has 0 radical (unpaired) electrons. The van der Waals surface area contributed by atoms with Crippen LogP contribution in [0.5, 0.6) is 0 Å². The molecule has 122 valence electrons. The number of carbonyl (C=O) groups excluding carboxylic acids is 1. The molecule has 2 heterocycles. The van der Waals surface area contributed by atoms with Crippen LogP contribution in [0.3, 0.4) is 0 Å². The molecule has 6 heteroatoms. The first kappa shape index (κ1) is 15.9. The van der Waals surface area contributed by atoms with E-state index >= 15 is 0 Å². The van der Waals surface area contributed by atoms with Crippen LogP contribution in [-0.4, -0.2) is 21.7 Å². The summed E-state index contributed by atoms with van der Waals surface area (Å²) in [5.74, 6) is -0.699. The Hall–Kier alpha value is -3.02. The Morgan fingerprint density at radius 2 is 2.04 bits per heavy atom. The van der Waals surface area contributed by atoms with E-state index in [9.17, 15) is 9.18 Å². The van der Waals surface area contributed by atoms with Crippen molar-refractivity contribution < 1.29 is 13.7 Å². The standard InChI is InChI=1S/C18H16FN3O2/c1-12(2)20-17-8-3-4-9-22(17)18(23)16-11-15(21-24-16)13-6-5-7-14(19)10-13/h3-12H,1-2H3. The van der Waals surface area contributed by atoms with Gasteiger partial charge < -0.3 is 4.52 Å². The minimum absolute atomic E-state index is 0.0454. The zero-order valence-electron chi connectivity index (χ0n) is 13.3. The van der Waals surface area contributed by atoms with Crippen molar-refractivity contribution in [3.05, 3.63) is 71.8 Å². The summed E-state index contributed by atoms with van der Waals surface area (Å²) in [6, 6.07) is 12.8. The zero-order chi connectivity index (χ0) is 17.1. The van der Waals surface area contributed by atoms with Crippen LogP contribution in [0.1, 0.15) is 24.4 Å². The van der Waals surface area contributed by atoms with E-state index in [0.29, 0.717) is 16.7 Å². The lowest BCUT2D eigenvalue weighted by atomic mass is 10.1. The summed E-state index contributed by atoms with van der Waals surface area (Å²) >= 11 is 0. The third-order valence-corrected chi connectivity index (χ3v) is 3.29. The third kappa shape index (κ3) is 3.32. The lowest BCUT2D eigenvalue weighted by Gasteiger charge is -2.04. The van der Waals surface area contributed by atoms with Crippen LogP contribution in [0.25, 0.3) is 11.3 Å². The fraction of sp³-hybridized carbons (Fsp3) is 0.167. The Morgan fingerprint density at radius 1 is 1.21 bits per heavy atom. The Morgan fingerprint density at radius 3 is 2.79 bits per heavy atom. The van der Waals surface area contributed by atoms with Gasteiger partial charge in [-0.15, -0.1) is 0 Å². The second-order valence-corrected chi connectivity index (χ2v) is 5.54. The molecule has 0 atom stereocenters. The normalized spacial score (nSPS) is 11.9. The first-order valence-corrected chi connectivity index (χ1v) is 7.53. The molecule has 0 spiro atoms. The van der Waals surface area contributed by atoms with Crippen molar-refractivity contribution in [2.24, 2.45) is 4.99 Å². The summed E-state index contributed by atoms with van der Waals surface area (Å²) in [7, 11) is 0. The fourth-order valence-corrected chi connectivity index (χ4v) is 2.25. The van der Waals surface area contributed by atoms with E-state index in [1.807, 2.05) is 19.9 Å². The van der Waals surface area contributed by atoms with Crippen LogP contribution >= 0.6 is 0 Å². The fourth-order valence-electron chi connectivity index (χ4n) is 2.25. The minimum atomic E-state index is -0.384. The second-order valence-electron chi connectivity index (χ2n) is 5.54. The molecule has 0 saturated carbocycles. The summed E-state index contributed by atoms with van der Waals surface area (Å²) in [4.78, 5) is 17.1. The highest BCUT2D eigenvalue weighted by Crippen LogP contribution is 2.20. The molecule has 2 aromatic heterocycles. The number of hydrogen-bond acceptors (Lipinski definition) is 4. The lowest BCUT2D eigenvalue weighted by Crippen LogP contribution is -2.27. The van der Waals surface area contributed by atoms with Crippen molar-refractivity contribution in [3.8, 4) is 11.3 Å². The first-order valence-electron chi connectivity index (χ1n) is 7.53. The Bertz CT molecular complexity index is 941. The van der Waals surface area contributed by atoms with Crippen molar-refractivity contribution in [1.29, 1.82) is 0 Å². The largest absolute Gasteiger partial charge is 0.350 e. The molecule has 3 aromatic rings. The molecule has 0 aliphatic rings. The number of aromatic nitrogens is 2. The maximum atomic E-state index is 13.3. The Labute approximate surface area is 138 Å². The number of pyridine rings is 1. The van der Waals surface area contributed by atoms with Gasteiger partial charge in [0.2, 0.25) is 5.76 Å². The quantitative estimate of drug-likeness (QED) is 0.742. The number of rotatable bonds is 3. The first-order chi connectivity index (χ1) is 11.5. The van der Waals surface area contributed by atoms with E-state index in [-0.39, 0.29) is 23.5 Å². The molecule has 5 nitrogen and oxygen atoms in total.